The summed E-state index contributed by atoms with van der Waals surface area (Å²) in [5, 5.41) is 4.64. The third-order valence-corrected chi connectivity index (χ3v) is 6.92. The normalized spacial score (nSPS) is 24.0. The molecule has 3 N–H and O–H groups in total. The molecule has 1 saturated carbocycles. The molecule has 1 atom stereocenters. The summed E-state index contributed by atoms with van der Waals surface area (Å²) >= 11 is 1.85. The smallest absolute Gasteiger partial charge is 0.146 e. The van der Waals surface area contributed by atoms with Crippen LogP contribution in [0.1, 0.15) is 48.4 Å². The third kappa shape index (κ3) is 2.61. The van der Waals surface area contributed by atoms with Crippen molar-refractivity contribution in [2.24, 2.45) is 0 Å². The molecular formula is C18H25N5S. The van der Waals surface area contributed by atoms with E-state index < -0.39 is 0 Å². The number of rotatable bonds is 4. The molecule has 0 amide bonds. The van der Waals surface area contributed by atoms with Gasteiger partial charge in [-0.2, -0.15) is 0 Å². The van der Waals surface area contributed by atoms with Crippen LogP contribution in [0.2, 0.25) is 0 Å². The van der Waals surface area contributed by atoms with Crippen LogP contribution in [0.25, 0.3) is 10.2 Å². The molecule has 2 aromatic rings. The van der Waals surface area contributed by atoms with Crippen LogP contribution in [-0.2, 0) is 19.4 Å². The number of thiophene rings is 1. The summed E-state index contributed by atoms with van der Waals surface area (Å²) in [4.78, 5) is 14.9. The van der Waals surface area contributed by atoms with Gasteiger partial charge in [-0.15, -0.1) is 11.3 Å². The van der Waals surface area contributed by atoms with Crippen LogP contribution < -0.4 is 11.1 Å². The number of hydrogen-bond donors (Lipinski definition) is 2. The van der Waals surface area contributed by atoms with E-state index in [1.165, 1.54) is 49.0 Å². The Morgan fingerprint density at radius 1 is 1.12 bits per heavy atom. The fraction of sp³-hybridized carbons (Fsp3) is 0.667. The highest BCUT2D eigenvalue weighted by atomic mass is 32.1. The van der Waals surface area contributed by atoms with E-state index in [9.17, 15) is 0 Å². The summed E-state index contributed by atoms with van der Waals surface area (Å²) in [6, 6.07) is 1.36. The monoisotopic (exact) mass is 343 g/mol. The predicted molar refractivity (Wildman–Crippen MR) is 98.3 cm³/mol. The number of nitrogens with two attached hydrogens (primary N) is 1. The summed E-state index contributed by atoms with van der Waals surface area (Å²) in [6.07, 6.45) is 8.77. The number of aryl methyl sites for hydroxylation is 2. The summed E-state index contributed by atoms with van der Waals surface area (Å²) in [7, 11) is 0. The van der Waals surface area contributed by atoms with E-state index in [1.807, 2.05) is 11.3 Å². The summed E-state index contributed by atoms with van der Waals surface area (Å²) in [6.45, 7) is 3.08. The molecule has 2 fully saturated rings. The fourth-order valence-corrected chi connectivity index (χ4v) is 5.64. The van der Waals surface area contributed by atoms with Crippen molar-refractivity contribution in [3.05, 3.63) is 16.3 Å². The van der Waals surface area contributed by atoms with E-state index in [0.29, 0.717) is 11.9 Å². The van der Waals surface area contributed by atoms with E-state index in [2.05, 4.69) is 10.2 Å². The number of anilines is 1. The summed E-state index contributed by atoms with van der Waals surface area (Å²) in [5.74, 6) is 1.62. The highest BCUT2D eigenvalue weighted by Gasteiger charge is 2.35. The molecule has 0 bridgehead atoms. The van der Waals surface area contributed by atoms with Crippen LogP contribution in [-0.4, -0.2) is 40.0 Å². The van der Waals surface area contributed by atoms with Crippen molar-refractivity contribution in [3.63, 3.8) is 0 Å². The Kier molecular flexibility index (Phi) is 3.72. The van der Waals surface area contributed by atoms with Gasteiger partial charge in [0.2, 0.25) is 0 Å². The first-order valence-electron chi connectivity index (χ1n) is 9.32. The number of nitrogens with one attached hydrogen (secondary N) is 1. The summed E-state index contributed by atoms with van der Waals surface area (Å²) < 4.78 is 0. The van der Waals surface area contributed by atoms with Gasteiger partial charge in [-0.25, -0.2) is 9.97 Å². The van der Waals surface area contributed by atoms with Gasteiger partial charge >= 0.3 is 0 Å². The molecular weight excluding hydrogens is 318 g/mol. The zero-order chi connectivity index (χ0) is 16.1. The minimum Gasteiger partial charge on any atom is -0.383 e. The van der Waals surface area contributed by atoms with Crippen LogP contribution in [0.3, 0.4) is 0 Å². The molecule has 1 unspecified atom stereocenters. The molecule has 1 aliphatic heterocycles. The van der Waals surface area contributed by atoms with Crippen LogP contribution in [0, 0.1) is 0 Å². The maximum absolute atomic E-state index is 6.37. The Labute approximate surface area is 146 Å². The Morgan fingerprint density at radius 2 is 2.00 bits per heavy atom. The quantitative estimate of drug-likeness (QED) is 0.893. The Bertz CT molecular complexity index is 760. The zero-order valence-corrected chi connectivity index (χ0v) is 14.9. The molecule has 2 aliphatic carbocycles. The van der Waals surface area contributed by atoms with Crippen LogP contribution in [0.5, 0.6) is 0 Å². The van der Waals surface area contributed by atoms with Crippen LogP contribution >= 0.6 is 11.3 Å². The molecule has 6 heteroatoms. The van der Waals surface area contributed by atoms with E-state index >= 15 is 0 Å². The van der Waals surface area contributed by atoms with Gasteiger partial charge in [0.05, 0.1) is 11.9 Å². The average Bonchev–Trinajstić information content (AvgIpc) is 3.13. The fourth-order valence-electron chi connectivity index (χ4n) is 4.35. The van der Waals surface area contributed by atoms with Gasteiger partial charge in [-0.3, -0.25) is 4.90 Å². The molecule has 0 aromatic carbocycles. The molecule has 5 nitrogen and oxygen atoms in total. The second kappa shape index (κ2) is 5.93. The molecule has 0 radical (unpaired) electrons. The maximum atomic E-state index is 6.37. The molecule has 2 aromatic heterocycles. The van der Waals surface area contributed by atoms with Crippen molar-refractivity contribution in [2.45, 2.75) is 63.6 Å². The van der Waals surface area contributed by atoms with Gasteiger partial charge < -0.3 is 11.1 Å². The predicted octanol–water partition coefficient (Wildman–Crippen LogP) is 2.48. The lowest BCUT2D eigenvalue weighted by Crippen LogP contribution is -2.38. The van der Waals surface area contributed by atoms with Gasteiger partial charge in [0.1, 0.15) is 16.5 Å². The second-order valence-corrected chi connectivity index (χ2v) is 8.55. The van der Waals surface area contributed by atoms with E-state index in [1.54, 1.807) is 0 Å². The zero-order valence-electron chi connectivity index (χ0n) is 14.1. The Hall–Kier alpha value is -1.24. The van der Waals surface area contributed by atoms with Crippen LogP contribution in [0.4, 0.5) is 5.82 Å². The lowest BCUT2D eigenvalue weighted by Gasteiger charge is -2.27. The first-order chi connectivity index (χ1) is 11.8. The van der Waals surface area contributed by atoms with Crippen molar-refractivity contribution < 1.29 is 0 Å². The highest BCUT2D eigenvalue weighted by Crippen LogP contribution is 2.38. The second-order valence-electron chi connectivity index (χ2n) is 7.47. The van der Waals surface area contributed by atoms with Crippen molar-refractivity contribution in [1.29, 1.82) is 0 Å². The maximum Gasteiger partial charge on any atom is 0.146 e. The number of hydrogen-bond acceptors (Lipinski definition) is 6. The molecule has 3 aliphatic rings. The Morgan fingerprint density at radius 3 is 2.79 bits per heavy atom. The lowest BCUT2D eigenvalue weighted by molar-refractivity contribution is 0.184. The molecule has 1 saturated heterocycles. The third-order valence-electron chi connectivity index (χ3n) is 5.73. The van der Waals surface area contributed by atoms with E-state index in [-0.39, 0.29) is 0 Å². The van der Waals surface area contributed by atoms with Crippen LogP contribution in [0.15, 0.2) is 0 Å². The Balaban J connectivity index is 1.48. The summed E-state index contributed by atoms with van der Waals surface area (Å²) in [5.41, 5.74) is 7.81. The number of aromatic nitrogens is 2. The number of nitrogens with zero attached hydrogens (tertiary/aromatic N) is 3. The molecule has 128 valence electrons. The molecule has 3 heterocycles. The number of nitrogen functional groups attached to an aromatic ring is 1. The molecule has 0 spiro atoms. The van der Waals surface area contributed by atoms with Gasteiger partial charge in [0, 0.05) is 23.5 Å². The first kappa shape index (κ1) is 15.0. The van der Waals surface area contributed by atoms with Gasteiger partial charge in [-0.1, -0.05) is 0 Å². The topological polar surface area (TPSA) is 67.1 Å². The minimum atomic E-state index is 0.634. The van der Waals surface area contributed by atoms with Crippen molar-refractivity contribution >= 4 is 27.4 Å². The van der Waals surface area contributed by atoms with E-state index in [4.69, 9.17) is 15.7 Å². The lowest BCUT2D eigenvalue weighted by atomic mass is 9.97. The van der Waals surface area contributed by atoms with Crippen molar-refractivity contribution in [2.75, 3.05) is 18.8 Å². The molecule has 24 heavy (non-hydrogen) atoms. The standard InChI is InChI=1S/C18H25N5S/c19-17-16-13-3-1-2-4-14(13)24-18(16)22-15(21-17)10-23(11-5-6-11)12-7-8-20-9-12/h11-12,20H,1-10H2,(H2,19,21,22). The van der Waals surface area contributed by atoms with Gasteiger partial charge in [0.15, 0.2) is 0 Å². The SMILES string of the molecule is Nc1nc(CN(C2CC2)C2CCNC2)nc2sc3c(c12)CCCC3. The first-order valence-corrected chi connectivity index (χ1v) is 10.1. The minimum absolute atomic E-state index is 0.634. The van der Waals surface area contributed by atoms with Crippen molar-refractivity contribution in [3.8, 4) is 0 Å². The largest absolute Gasteiger partial charge is 0.383 e. The average molecular weight is 344 g/mol. The highest BCUT2D eigenvalue weighted by molar-refractivity contribution is 7.19. The van der Waals surface area contributed by atoms with Gasteiger partial charge in [-0.05, 0) is 57.1 Å². The van der Waals surface area contributed by atoms with Gasteiger partial charge in [0.25, 0.3) is 0 Å². The number of fused-ring (bicyclic) bond motifs is 3. The van der Waals surface area contributed by atoms with Crippen molar-refractivity contribution in [1.82, 2.24) is 20.2 Å². The van der Waals surface area contributed by atoms with E-state index in [0.717, 1.165) is 48.1 Å². The molecule has 5 rings (SSSR count).